The fourth-order valence-electron chi connectivity index (χ4n) is 1.31. The number of rotatable bonds is 4. The summed E-state index contributed by atoms with van der Waals surface area (Å²) in [6.45, 7) is 3.47. The van der Waals surface area contributed by atoms with Gasteiger partial charge < -0.3 is 10.6 Å². The molecule has 1 rings (SSSR count). The Morgan fingerprint density at radius 3 is 2.93 bits per heavy atom. The van der Waals surface area contributed by atoms with Gasteiger partial charge in [0.1, 0.15) is 0 Å². The molecule has 0 unspecified atom stereocenters. The predicted molar refractivity (Wildman–Crippen MR) is 64.5 cm³/mol. The summed E-state index contributed by atoms with van der Waals surface area (Å²) in [5.74, 6) is 0.746. The van der Waals surface area contributed by atoms with Gasteiger partial charge in [-0.3, -0.25) is 0 Å². The Kier molecular flexibility index (Phi) is 4.37. The molecule has 80 valence electrons. The summed E-state index contributed by atoms with van der Waals surface area (Å²) in [5.41, 5.74) is 6.48. The molecule has 1 aromatic rings. The number of anilines is 2. The third-order valence-corrected chi connectivity index (χ3v) is 2.47. The van der Waals surface area contributed by atoms with Gasteiger partial charge in [-0.2, -0.15) is 5.26 Å². The first-order valence-electron chi connectivity index (χ1n) is 4.72. The summed E-state index contributed by atoms with van der Waals surface area (Å²) in [7, 11) is 0. The van der Waals surface area contributed by atoms with Crippen LogP contribution in [0.4, 0.5) is 11.5 Å². The standard InChI is InChI=1S/C10H13BrN4/c1-2-15(5-3-4-12)10-9(13)6-8(11)7-14-10/h6-7H,2-3,5,13H2,1H3. The molecule has 0 aromatic carbocycles. The molecule has 0 bridgehead atoms. The van der Waals surface area contributed by atoms with Crippen molar-refractivity contribution in [3.8, 4) is 6.07 Å². The lowest BCUT2D eigenvalue weighted by atomic mass is 10.3. The van der Waals surface area contributed by atoms with Crippen LogP contribution in [0.3, 0.4) is 0 Å². The van der Waals surface area contributed by atoms with Crippen LogP contribution in [0.2, 0.25) is 0 Å². The van der Waals surface area contributed by atoms with Crippen molar-refractivity contribution in [2.45, 2.75) is 13.3 Å². The fourth-order valence-corrected chi connectivity index (χ4v) is 1.66. The molecule has 0 saturated heterocycles. The largest absolute Gasteiger partial charge is 0.396 e. The van der Waals surface area contributed by atoms with E-state index in [9.17, 15) is 0 Å². The van der Waals surface area contributed by atoms with Crippen LogP contribution in [0.5, 0.6) is 0 Å². The smallest absolute Gasteiger partial charge is 0.151 e. The van der Waals surface area contributed by atoms with Crippen LogP contribution in [0, 0.1) is 11.3 Å². The first-order chi connectivity index (χ1) is 7.19. The van der Waals surface area contributed by atoms with E-state index >= 15 is 0 Å². The normalized spacial score (nSPS) is 9.67. The van der Waals surface area contributed by atoms with Crippen molar-refractivity contribution in [3.05, 3.63) is 16.7 Å². The van der Waals surface area contributed by atoms with E-state index in [-0.39, 0.29) is 0 Å². The second-order valence-electron chi connectivity index (χ2n) is 3.05. The molecule has 1 heterocycles. The lowest BCUT2D eigenvalue weighted by molar-refractivity contribution is 0.812. The molecule has 0 spiro atoms. The van der Waals surface area contributed by atoms with Gasteiger partial charge in [-0.05, 0) is 28.9 Å². The van der Waals surface area contributed by atoms with Gasteiger partial charge in [-0.25, -0.2) is 4.98 Å². The Morgan fingerprint density at radius 2 is 2.40 bits per heavy atom. The Labute approximate surface area is 97.8 Å². The average Bonchev–Trinajstić information content (AvgIpc) is 2.21. The molecule has 1 aromatic heterocycles. The number of hydrogen-bond donors (Lipinski definition) is 1. The number of halogens is 1. The van der Waals surface area contributed by atoms with Gasteiger partial charge in [0.15, 0.2) is 5.82 Å². The first kappa shape index (κ1) is 11.8. The third kappa shape index (κ3) is 3.10. The second kappa shape index (κ2) is 5.56. The van der Waals surface area contributed by atoms with Crippen molar-refractivity contribution in [3.63, 3.8) is 0 Å². The summed E-state index contributed by atoms with van der Waals surface area (Å²) < 4.78 is 0.861. The van der Waals surface area contributed by atoms with Crippen LogP contribution >= 0.6 is 15.9 Å². The second-order valence-corrected chi connectivity index (χ2v) is 3.97. The van der Waals surface area contributed by atoms with Gasteiger partial charge in [-0.15, -0.1) is 0 Å². The van der Waals surface area contributed by atoms with E-state index in [1.54, 1.807) is 6.20 Å². The monoisotopic (exact) mass is 268 g/mol. The third-order valence-electron chi connectivity index (χ3n) is 2.04. The first-order valence-corrected chi connectivity index (χ1v) is 5.51. The Morgan fingerprint density at radius 1 is 1.67 bits per heavy atom. The molecule has 0 amide bonds. The molecule has 4 nitrogen and oxygen atoms in total. The number of hydrogen-bond acceptors (Lipinski definition) is 4. The van der Waals surface area contributed by atoms with Crippen molar-refractivity contribution in [2.75, 3.05) is 23.7 Å². The minimum absolute atomic E-state index is 0.477. The molecule has 0 saturated carbocycles. The zero-order valence-electron chi connectivity index (χ0n) is 8.57. The predicted octanol–water partition coefficient (Wildman–Crippen LogP) is 2.17. The number of nitrogen functional groups attached to an aromatic ring is 1. The maximum absolute atomic E-state index is 8.54. The van der Waals surface area contributed by atoms with Crippen molar-refractivity contribution >= 4 is 27.4 Å². The van der Waals surface area contributed by atoms with Gasteiger partial charge >= 0.3 is 0 Å². The molecular formula is C10H13BrN4. The van der Waals surface area contributed by atoms with Crippen LogP contribution in [-0.2, 0) is 0 Å². The number of nitrogens with two attached hydrogens (primary N) is 1. The maximum atomic E-state index is 8.54. The van der Waals surface area contributed by atoms with Crippen molar-refractivity contribution in [2.24, 2.45) is 0 Å². The summed E-state index contributed by atoms with van der Waals surface area (Å²) in [6.07, 6.45) is 2.19. The SMILES string of the molecule is CCN(CCC#N)c1ncc(Br)cc1N. The maximum Gasteiger partial charge on any atom is 0.151 e. The van der Waals surface area contributed by atoms with Crippen molar-refractivity contribution < 1.29 is 0 Å². The van der Waals surface area contributed by atoms with E-state index < -0.39 is 0 Å². The average molecular weight is 269 g/mol. The van der Waals surface area contributed by atoms with E-state index in [0.29, 0.717) is 18.7 Å². The van der Waals surface area contributed by atoms with Gasteiger partial charge in [0.25, 0.3) is 0 Å². The van der Waals surface area contributed by atoms with Gasteiger partial charge in [0.05, 0.1) is 18.2 Å². The summed E-state index contributed by atoms with van der Waals surface area (Å²) >= 11 is 3.31. The van der Waals surface area contributed by atoms with Crippen molar-refractivity contribution in [1.82, 2.24) is 4.98 Å². The highest BCUT2D eigenvalue weighted by Gasteiger charge is 2.09. The fraction of sp³-hybridized carbons (Fsp3) is 0.400. The highest BCUT2D eigenvalue weighted by molar-refractivity contribution is 9.10. The Bertz CT molecular complexity index is 372. The molecule has 0 atom stereocenters. The van der Waals surface area contributed by atoms with Crippen molar-refractivity contribution in [1.29, 1.82) is 5.26 Å². The van der Waals surface area contributed by atoms with Crippen LogP contribution in [0.15, 0.2) is 16.7 Å². The lowest BCUT2D eigenvalue weighted by Crippen LogP contribution is -2.25. The molecular weight excluding hydrogens is 256 g/mol. The molecule has 0 radical (unpaired) electrons. The molecule has 15 heavy (non-hydrogen) atoms. The Balaban J connectivity index is 2.87. The van der Waals surface area contributed by atoms with Gasteiger partial charge in [-0.1, -0.05) is 0 Å². The minimum atomic E-state index is 0.477. The molecule has 5 heteroatoms. The highest BCUT2D eigenvalue weighted by atomic mass is 79.9. The number of aromatic nitrogens is 1. The molecule has 2 N–H and O–H groups in total. The lowest BCUT2D eigenvalue weighted by Gasteiger charge is -2.21. The van der Waals surface area contributed by atoms with E-state index in [0.717, 1.165) is 16.8 Å². The van der Waals surface area contributed by atoms with Crippen LogP contribution in [0.25, 0.3) is 0 Å². The summed E-state index contributed by atoms with van der Waals surface area (Å²) in [6, 6.07) is 3.93. The van der Waals surface area contributed by atoms with Crippen LogP contribution in [-0.4, -0.2) is 18.1 Å². The van der Waals surface area contributed by atoms with E-state index in [4.69, 9.17) is 11.0 Å². The van der Waals surface area contributed by atoms with Gasteiger partial charge in [0, 0.05) is 23.8 Å². The molecule has 0 fully saturated rings. The topological polar surface area (TPSA) is 65.9 Å². The zero-order valence-corrected chi connectivity index (χ0v) is 10.2. The Hall–Kier alpha value is -1.28. The minimum Gasteiger partial charge on any atom is -0.396 e. The van der Waals surface area contributed by atoms with Gasteiger partial charge in [0.2, 0.25) is 0 Å². The summed E-state index contributed by atoms with van der Waals surface area (Å²) in [4.78, 5) is 6.24. The summed E-state index contributed by atoms with van der Waals surface area (Å²) in [5, 5.41) is 8.54. The van der Waals surface area contributed by atoms with Crippen LogP contribution < -0.4 is 10.6 Å². The van der Waals surface area contributed by atoms with E-state index in [1.807, 2.05) is 17.9 Å². The van der Waals surface area contributed by atoms with Crippen LogP contribution in [0.1, 0.15) is 13.3 Å². The zero-order chi connectivity index (χ0) is 11.3. The quantitative estimate of drug-likeness (QED) is 0.909. The van der Waals surface area contributed by atoms with E-state index in [2.05, 4.69) is 27.0 Å². The number of nitriles is 1. The molecule has 0 aliphatic carbocycles. The number of pyridine rings is 1. The highest BCUT2D eigenvalue weighted by Crippen LogP contribution is 2.23. The molecule has 0 aliphatic heterocycles. The van der Waals surface area contributed by atoms with E-state index in [1.165, 1.54) is 0 Å². The number of nitrogens with zero attached hydrogens (tertiary/aromatic N) is 3. The molecule has 0 aliphatic rings.